The van der Waals surface area contributed by atoms with Crippen molar-refractivity contribution in [2.24, 2.45) is 0 Å². The molecule has 0 atom stereocenters. The highest BCUT2D eigenvalue weighted by molar-refractivity contribution is 5.97. The van der Waals surface area contributed by atoms with Gasteiger partial charge in [-0.3, -0.25) is 9.20 Å². The number of rotatable bonds is 4. The number of imidazole rings is 1. The highest BCUT2D eigenvalue weighted by Gasteiger charge is 2.15. The number of fused-ring (bicyclic) bond motifs is 1. The van der Waals surface area contributed by atoms with E-state index in [-0.39, 0.29) is 23.5 Å². The van der Waals surface area contributed by atoms with Crippen LogP contribution in [0.15, 0.2) is 48.8 Å². The van der Waals surface area contributed by atoms with Crippen molar-refractivity contribution in [2.45, 2.75) is 6.42 Å². The third-order valence-corrected chi connectivity index (χ3v) is 3.40. The number of carboxylic acids is 1. The van der Waals surface area contributed by atoms with Gasteiger partial charge in [0.05, 0.1) is 17.3 Å². The Morgan fingerprint density at radius 3 is 2.82 bits per heavy atom. The van der Waals surface area contributed by atoms with E-state index in [2.05, 4.69) is 4.98 Å². The molecule has 2 heterocycles. The van der Waals surface area contributed by atoms with Crippen LogP contribution in [0.1, 0.15) is 26.5 Å². The smallest absolute Gasteiger partial charge is 0.337 e. The summed E-state index contributed by atoms with van der Waals surface area (Å²) in [7, 11) is 0. The van der Waals surface area contributed by atoms with Gasteiger partial charge in [0.2, 0.25) is 5.78 Å². The summed E-state index contributed by atoms with van der Waals surface area (Å²) in [4.78, 5) is 27.6. The second-order valence-corrected chi connectivity index (χ2v) is 4.90. The number of carboxylic acid groups (broad SMARTS) is 1. The number of benzene rings is 1. The summed E-state index contributed by atoms with van der Waals surface area (Å²) in [6, 6.07) is 10.1. The van der Waals surface area contributed by atoms with E-state index < -0.39 is 5.97 Å². The average Bonchev–Trinajstić information content (AvgIpc) is 2.93. The van der Waals surface area contributed by atoms with Crippen molar-refractivity contribution in [3.8, 4) is 0 Å². The summed E-state index contributed by atoms with van der Waals surface area (Å²) in [6.07, 6.45) is 3.45. The predicted octanol–water partition coefficient (Wildman–Crippen LogP) is 2.04. The number of aromatic carboxylic acids is 1. The first-order valence-electron chi connectivity index (χ1n) is 6.63. The van der Waals surface area contributed by atoms with Crippen LogP contribution < -0.4 is 5.73 Å². The molecule has 6 nitrogen and oxygen atoms in total. The maximum atomic E-state index is 12.4. The number of nitrogens with zero attached hydrogens (tertiary/aromatic N) is 2. The minimum Gasteiger partial charge on any atom is -0.478 e. The molecule has 0 spiro atoms. The fourth-order valence-corrected chi connectivity index (χ4v) is 2.31. The van der Waals surface area contributed by atoms with E-state index in [0.717, 1.165) is 5.52 Å². The predicted molar refractivity (Wildman–Crippen MR) is 81.0 cm³/mol. The van der Waals surface area contributed by atoms with Crippen LogP contribution in [0, 0.1) is 0 Å². The number of hydrogen-bond donors (Lipinski definition) is 2. The van der Waals surface area contributed by atoms with Gasteiger partial charge in [-0.05, 0) is 29.8 Å². The maximum Gasteiger partial charge on any atom is 0.337 e. The van der Waals surface area contributed by atoms with Gasteiger partial charge in [-0.2, -0.15) is 0 Å². The molecule has 0 aliphatic heterocycles. The summed E-state index contributed by atoms with van der Waals surface area (Å²) < 4.78 is 1.71. The quantitative estimate of drug-likeness (QED) is 0.567. The first kappa shape index (κ1) is 13.8. The van der Waals surface area contributed by atoms with Crippen molar-refractivity contribution in [3.05, 3.63) is 65.7 Å². The zero-order chi connectivity index (χ0) is 15.7. The summed E-state index contributed by atoms with van der Waals surface area (Å²) in [5.74, 6) is -0.977. The van der Waals surface area contributed by atoms with E-state index >= 15 is 0 Å². The van der Waals surface area contributed by atoms with Crippen LogP contribution in [0.25, 0.3) is 5.52 Å². The molecule has 0 bridgehead atoms. The van der Waals surface area contributed by atoms with Gasteiger partial charge in [-0.15, -0.1) is 0 Å². The van der Waals surface area contributed by atoms with Crippen LogP contribution in [-0.4, -0.2) is 26.2 Å². The Hall–Kier alpha value is -3.15. The normalized spacial score (nSPS) is 10.7. The lowest BCUT2D eigenvalue weighted by Crippen LogP contribution is -2.10. The molecule has 3 aromatic rings. The number of carbonyl (C=O) groups excluding carboxylic acids is 1. The lowest BCUT2D eigenvalue weighted by molar-refractivity contribution is 0.0697. The summed E-state index contributed by atoms with van der Waals surface area (Å²) >= 11 is 0. The fraction of sp³-hybridized carbons (Fsp3) is 0.0625. The largest absolute Gasteiger partial charge is 0.478 e. The molecule has 0 radical (unpaired) electrons. The van der Waals surface area contributed by atoms with Crippen LogP contribution in [0.3, 0.4) is 0 Å². The van der Waals surface area contributed by atoms with Gasteiger partial charge in [-0.1, -0.05) is 12.1 Å². The average molecular weight is 295 g/mol. The van der Waals surface area contributed by atoms with Gasteiger partial charge in [0.15, 0.2) is 5.82 Å². The maximum absolute atomic E-state index is 12.4. The molecule has 3 N–H and O–H groups in total. The molecule has 6 heteroatoms. The SMILES string of the molecule is Nc1ccc(CC(=O)c2ncc3ccccn23)cc1C(=O)O. The summed E-state index contributed by atoms with van der Waals surface area (Å²) in [5, 5.41) is 9.07. The second kappa shape index (κ2) is 5.33. The molecule has 1 aromatic carbocycles. The number of ketones is 1. The monoisotopic (exact) mass is 295 g/mol. The number of nitrogen functional groups attached to an aromatic ring is 1. The minimum absolute atomic E-state index is 0.00160. The fourth-order valence-electron chi connectivity index (χ4n) is 2.31. The molecule has 110 valence electrons. The Labute approximate surface area is 125 Å². The van der Waals surface area contributed by atoms with Crippen molar-refractivity contribution < 1.29 is 14.7 Å². The number of carbonyl (C=O) groups is 2. The van der Waals surface area contributed by atoms with Crippen LogP contribution in [0.4, 0.5) is 5.69 Å². The van der Waals surface area contributed by atoms with Gasteiger partial charge in [0, 0.05) is 18.3 Å². The van der Waals surface area contributed by atoms with E-state index in [1.54, 1.807) is 22.9 Å². The molecule has 0 unspecified atom stereocenters. The molecular formula is C16H13N3O3. The van der Waals surface area contributed by atoms with E-state index in [9.17, 15) is 9.59 Å². The van der Waals surface area contributed by atoms with E-state index in [0.29, 0.717) is 11.4 Å². The van der Waals surface area contributed by atoms with Crippen molar-refractivity contribution in [1.82, 2.24) is 9.38 Å². The minimum atomic E-state index is -1.11. The first-order chi connectivity index (χ1) is 10.6. The molecule has 0 aliphatic carbocycles. The van der Waals surface area contributed by atoms with Crippen LogP contribution in [0.2, 0.25) is 0 Å². The third-order valence-electron chi connectivity index (χ3n) is 3.40. The third kappa shape index (κ3) is 2.42. The van der Waals surface area contributed by atoms with Crippen molar-refractivity contribution >= 4 is 23.0 Å². The lowest BCUT2D eigenvalue weighted by atomic mass is 10.0. The molecule has 0 amide bonds. The topological polar surface area (TPSA) is 97.7 Å². The van der Waals surface area contributed by atoms with Crippen molar-refractivity contribution in [2.75, 3.05) is 5.73 Å². The summed E-state index contributed by atoms with van der Waals surface area (Å²) in [6.45, 7) is 0. The Morgan fingerprint density at radius 1 is 1.23 bits per heavy atom. The van der Waals surface area contributed by atoms with E-state index in [1.165, 1.54) is 12.1 Å². The van der Waals surface area contributed by atoms with Gasteiger partial charge in [0.25, 0.3) is 0 Å². The van der Waals surface area contributed by atoms with Crippen LogP contribution >= 0.6 is 0 Å². The van der Waals surface area contributed by atoms with Gasteiger partial charge >= 0.3 is 5.97 Å². The molecule has 0 fully saturated rings. The zero-order valence-corrected chi connectivity index (χ0v) is 11.6. The number of Topliss-reactive ketones (excluding diaryl/α,β-unsaturated/α-hetero) is 1. The Balaban J connectivity index is 1.91. The highest BCUT2D eigenvalue weighted by atomic mass is 16.4. The Kier molecular flexibility index (Phi) is 3.34. The first-order valence-corrected chi connectivity index (χ1v) is 6.63. The molecule has 3 rings (SSSR count). The zero-order valence-electron chi connectivity index (χ0n) is 11.6. The van der Waals surface area contributed by atoms with E-state index in [1.807, 2.05) is 18.2 Å². The number of aromatic nitrogens is 2. The number of nitrogens with two attached hydrogens (primary N) is 1. The molecule has 0 saturated heterocycles. The molecule has 0 aliphatic rings. The van der Waals surface area contributed by atoms with Crippen molar-refractivity contribution in [1.29, 1.82) is 0 Å². The molecule has 22 heavy (non-hydrogen) atoms. The van der Waals surface area contributed by atoms with Crippen LogP contribution in [-0.2, 0) is 6.42 Å². The van der Waals surface area contributed by atoms with Crippen LogP contribution in [0.5, 0.6) is 0 Å². The number of hydrogen-bond acceptors (Lipinski definition) is 4. The summed E-state index contributed by atoms with van der Waals surface area (Å²) in [5.41, 5.74) is 7.20. The Bertz CT molecular complexity index is 883. The second-order valence-electron chi connectivity index (χ2n) is 4.90. The van der Waals surface area contributed by atoms with Gasteiger partial charge < -0.3 is 10.8 Å². The molecule has 2 aromatic heterocycles. The molecule has 0 saturated carbocycles. The number of anilines is 1. The van der Waals surface area contributed by atoms with Crippen molar-refractivity contribution in [3.63, 3.8) is 0 Å². The number of pyridine rings is 1. The Morgan fingerprint density at radius 2 is 2.05 bits per heavy atom. The highest BCUT2D eigenvalue weighted by Crippen LogP contribution is 2.16. The van der Waals surface area contributed by atoms with Gasteiger partial charge in [-0.25, -0.2) is 9.78 Å². The molecular weight excluding hydrogens is 282 g/mol. The standard InChI is InChI=1S/C16H13N3O3/c17-13-5-4-10(7-12(13)16(21)22)8-14(20)15-18-9-11-3-1-2-6-19(11)15/h1-7,9H,8,17H2,(H,21,22). The van der Waals surface area contributed by atoms with E-state index in [4.69, 9.17) is 10.8 Å². The lowest BCUT2D eigenvalue weighted by Gasteiger charge is -2.05. The van der Waals surface area contributed by atoms with Gasteiger partial charge in [0.1, 0.15) is 0 Å².